The lowest BCUT2D eigenvalue weighted by molar-refractivity contribution is -0.121. The highest BCUT2D eigenvalue weighted by Crippen LogP contribution is 2.33. The minimum absolute atomic E-state index is 0.0984. The van der Waals surface area contributed by atoms with Gasteiger partial charge < -0.3 is 10.5 Å². The Hall–Kier alpha value is -3.06. The van der Waals surface area contributed by atoms with Crippen molar-refractivity contribution in [1.82, 2.24) is 4.90 Å². The number of amidine groups is 1. The van der Waals surface area contributed by atoms with Crippen LogP contribution >= 0.6 is 11.8 Å². The fourth-order valence-corrected chi connectivity index (χ4v) is 3.22. The smallest absolute Gasteiger partial charge is 0.266 e. The molecule has 2 amide bonds. The van der Waals surface area contributed by atoms with Crippen LogP contribution in [0.15, 0.2) is 64.5 Å². The van der Waals surface area contributed by atoms with Gasteiger partial charge >= 0.3 is 0 Å². The summed E-state index contributed by atoms with van der Waals surface area (Å²) in [6.45, 7) is -0.168. The molecule has 1 heterocycles. The van der Waals surface area contributed by atoms with Crippen molar-refractivity contribution in [3.63, 3.8) is 0 Å². The highest BCUT2D eigenvalue weighted by Gasteiger charge is 2.30. The van der Waals surface area contributed by atoms with Crippen molar-refractivity contribution in [2.75, 3.05) is 13.7 Å². The molecular formula is C19H17N3O3S. The molecule has 0 spiro atoms. The number of carbonyl (C=O) groups excluding carboxylic acids is 2. The molecule has 1 aliphatic rings. The molecule has 0 atom stereocenters. The third-order valence-corrected chi connectivity index (χ3v) is 4.60. The normalized spacial score (nSPS) is 17.1. The minimum Gasteiger partial charge on any atom is -0.484 e. The second-order valence-corrected chi connectivity index (χ2v) is 6.54. The van der Waals surface area contributed by atoms with Gasteiger partial charge in [-0.15, -0.1) is 0 Å². The summed E-state index contributed by atoms with van der Waals surface area (Å²) < 4.78 is 5.22. The van der Waals surface area contributed by atoms with E-state index in [4.69, 9.17) is 10.5 Å². The molecular weight excluding hydrogens is 350 g/mol. The molecule has 2 aromatic carbocycles. The van der Waals surface area contributed by atoms with Crippen LogP contribution < -0.4 is 10.5 Å². The number of ether oxygens (including phenoxy) is 1. The van der Waals surface area contributed by atoms with Crippen LogP contribution in [-0.2, 0) is 9.59 Å². The largest absolute Gasteiger partial charge is 0.484 e. The van der Waals surface area contributed by atoms with Crippen LogP contribution in [0.2, 0.25) is 0 Å². The number of hydrogen-bond acceptors (Lipinski definition) is 5. The van der Waals surface area contributed by atoms with Gasteiger partial charge in [-0.2, -0.15) is 0 Å². The number of aliphatic imine (C=N–C) groups is 1. The van der Waals surface area contributed by atoms with Gasteiger partial charge in [0.25, 0.3) is 11.8 Å². The zero-order chi connectivity index (χ0) is 18.5. The Bertz CT molecular complexity index is 877. The maximum atomic E-state index is 12.4. The van der Waals surface area contributed by atoms with Crippen LogP contribution in [0.4, 0.5) is 5.69 Å². The third-order valence-electron chi connectivity index (χ3n) is 3.54. The first-order chi connectivity index (χ1) is 12.5. The summed E-state index contributed by atoms with van der Waals surface area (Å²) >= 11 is 1.33. The summed E-state index contributed by atoms with van der Waals surface area (Å²) in [6, 6.07) is 16.6. The van der Waals surface area contributed by atoms with Crippen LogP contribution in [0.1, 0.15) is 5.56 Å². The van der Waals surface area contributed by atoms with Crippen molar-refractivity contribution < 1.29 is 14.3 Å². The zero-order valence-corrected chi connectivity index (χ0v) is 14.9. The van der Waals surface area contributed by atoms with Crippen molar-refractivity contribution in [2.45, 2.75) is 0 Å². The van der Waals surface area contributed by atoms with E-state index in [0.717, 1.165) is 11.3 Å². The average Bonchev–Trinajstić information content (AvgIpc) is 2.90. The fraction of sp³-hybridized carbons (Fsp3) is 0.105. The maximum Gasteiger partial charge on any atom is 0.266 e. The minimum atomic E-state index is -0.530. The second-order valence-electron chi connectivity index (χ2n) is 5.53. The Morgan fingerprint density at radius 3 is 2.54 bits per heavy atom. The maximum absolute atomic E-state index is 12.4. The lowest BCUT2D eigenvalue weighted by Crippen LogP contribution is -2.23. The van der Waals surface area contributed by atoms with Crippen LogP contribution in [0.5, 0.6) is 5.75 Å². The Kier molecular flexibility index (Phi) is 5.38. The van der Waals surface area contributed by atoms with Crippen LogP contribution in [0.25, 0.3) is 6.08 Å². The molecule has 1 saturated heterocycles. The molecule has 0 aliphatic carbocycles. The molecule has 2 N–H and O–H groups in total. The molecule has 3 rings (SSSR count). The Labute approximate surface area is 155 Å². The van der Waals surface area contributed by atoms with Gasteiger partial charge in [0.05, 0.1) is 10.6 Å². The molecule has 26 heavy (non-hydrogen) atoms. The number of nitrogens with two attached hydrogens (primary N) is 1. The molecule has 0 aromatic heterocycles. The van der Waals surface area contributed by atoms with Crippen LogP contribution in [0, 0.1) is 0 Å². The quantitative estimate of drug-likeness (QED) is 0.824. The van der Waals surface area contributed by atoms with E-state index >= 15 is 0 Å². The van der Waals surface area contributed by atoms with Gasteiger partial charge in [-0.05, 0) is 47.7 Å². The van der Waals surface area contributed by atoms with Gasteiger partial charge in [-0.1, -0.05) is 30.3 Å². The molecule has 1 aliphatic heterocycles. The third kappa shape index (κ3) is 4.31. The Morgan fingerprint density at radius 2 is 1.88 bits per heavy atom. The molecule has 7 heteroatoms. The monoisotopic (exact) mass is 367 g/mol. The van der Waals surface area contributed by atoms with Crippen molar-refractivity contribution in [1.29, 1.82) is 0 Å². The number of benzene rings is 2. The molecule has 6 nitrogen and oxygen atoms in total. The van der Waals surface area contributed by atoms with Gasteiger partial charge in [-0.3, -0.25) is 14.5 Å². The van der Waals surface area contributed by atoms with E-state index in [1.807, 2.05) is 42.5 Å². The number of amides is 2. The van der Waals surface area contributed by atoms with E-state index < -0.39 is 5.91 Å². The van der Waals surface area contributed by atoms with Crippen molar-refractivity contribution >= 4 is 40.5 Å². The lowest BCUT2D eigenvalue weighted by atomic mass is 10.2. The molecule has 0 saturated carbocycles. The van der Waals surface area contributed by atoms with Crippen LogP contribution in [0.3, 0.4) is 0 Å². The predicted molar refractivity (Wildman–Crippen MR) is 103 cm³/mol. The number of primary amides is 1. The van der Waals surface area contributed by atoms with E-state index in [1.54, 1.807) is 25.3 Å². The van der Waals surface area contributed by atoms with Crippen LogP contribution in [-0.4, -0.2) is 35.5 Å². The first-order valence-corrected chi connectivity index (χ1v) is 8.67. The first-order valence-electron chi connectivity index (χ1n) is 7.85. The average molecular weight is 367 g/mol. The summed E-state index contributed by atoms with van der Waals surface area (Å²) in [5.74, 6) is -0.0871. The Morgan fingerprint density at radius 1 is 1.19 bits per heavy atom. The fourth-order valence-electron chi connectivity index (χ4n) is 2.23. The summed E-state index contributed by atoms with van der Waals surface area (Å²) in [5.41, 5.74) is 6.69. The van der Waals surface area contributed by atoms with E-state index in [2.05, 4.69) is 4.99 Å². The van der Waals surface area contributed by atoms with Gasteiger partial charge in [0.1, 0.15) is 5.75 Å². The first kappa shape index (κ1) is 17.8. The number of thioether (sulfide) groups is 1. The van der Waals surface area contributed by atoms with E-state index in [0.29, 0.717) is 15.8 Å². The lowest BCUT2D eigenvalue weighted by Gasteiger charge is -2.06. The molecule has 0 bridgehead atoms. The van der Waals surface area contributed by atoms with Crippen molar-refractivity contribution in [2.24, 2.45) is 10.7 Å². The SMILES string of the molecule is CN1C(=O)/C(=C/c2ccc(OCC(N)=O)cc2)SC1=Nc1ccccc1. The number of para-hydroxylation sites is 1. The molecule has 0 unspecified atom stereocenters. The van der Waals surface area contributed by atoms with E-state index in [9.17, 15) is 9.59 Å². The van der Waals surface area contributed by atoms with Gasteiger partial charge in [-0.25, -0.2) is 4.99 Å². The van der Waals surface area contributed by atoms with Crippen molar-refractivity contribution in [3.8, 4) is 5.75 Å². The zero-order valence-electron chi connectivity index (χ0n) is 14.1. The molecule has 2 aromatic rings. The number of rotatable bonds is 5. The van der Waals surface area contributed by atoms with Gasteiger partial charge in [0.15, 0.2) is 11.8 Å². The number of hydrogen-bond donors (Lipinski definition) is 1. The number of nitrogens with zero attached hydrogens (tertiary/aromatic N) is 2. The molecule has 132 valence electrons. The van der Waals surface area contributed by atoms with Gasteiger partial charge in [0, 0.05) is 7.05 Å². The summed E-state index contributed by atoms with van der Waals surface area (Å²) in [7, 11) is 1.71. The van der Waals surface area contributed by atoms with E-state index in [1.165, 1.54) is 16.7 Å². The van der Waals surface area contributed by atoms with Crippen molar-refractivity contribution in [3.05, 3.63) is 65.1 Å². The highest BCUT2D eigenvalue weighted by molar-refractivity contribution is 8.18. The number of carbonyl (C=O) groups is 2. The summed E-state index contributed by atoms with van der Waals surface area (Å²) in [4.78, 5) is 29.8. The Balaban J connectivity index is 1.75. The summed E-state index contributed by atoms with van der Waals surface area (Å²) in [6.07, 6.45) is 1.80. The predicted octanol–water partition coefficient (Wildman–Crippen LogP) is 2.78. The van der Waals surface area contributed by atoms with Gasteiger partial charge in [0.2, 0.25) is 0 Å². The van der Waals surface area contributed by atoms with E-state index in [-0.39, 0.29) is 12.5 Å². The molecule has 0 radical (unpaired) electrons. The molecule has 1 fully saturated rings. The second kappa shape index (κ2) is 7.88. The summed E-state index contributed by atoms with van der Waals surface area (Å²) in [5, 5.41) is 0.633. The number of likely N-dealkylation sites (N-methyl/N-ethyl adjacent to an activating group) is 1. The highest BCUT2D eigenvalue weighted by atomic mass is 32.2. The standard InChI is InChI=1S/C19H17N3O3S/c1-22-18(24)16(26-19(22)21-14-5-3-2-4-6-14)11-13-7-9-15(10-8-13)25-12-17(20)23/h2-11H,12H2,1H3,(H2,20,23)/b16-11-,21-19?. The topological polar surface area (TPSA) is 85.0 Å².